The summed E-state index contributed by atoms with van der Waals surface area (Å²) in [6, 6.07) is 0.419. The highest BCUT2D eigenvalue weighted by atomic mass is 16.3. The van der Waals surface area contributed by atoms with E-state index in [4.69, 9.17) is 5.73 Å². The van der Waals surface area contributed by atoms with Crippen LogP contribution in [0.5, 0.6) is 0 Å². The van der Waals surface area contributed by atoms with Gasteiger partial charge in [-0.25, -0.2) is 0 Å². The van der Waals surface area contributed by atoms with E-state index in [1.165, 1.54) is 64.2 Å². The molecule has 0 aromatic heterocycles. The van der Waals surface area contributed by atoms with Crippen LogP contribution in [0.25, 0.3) is 0 Å². The summed E-state index contributed by atoms with van der Waals surface area (Å²) >= 11 is 0. The molecule has 2 nitrogen and oxygen atoms in total. The maximum Gasteiger partial charge on any atom is 0.0543 e. The molecule has 0 heterocycles. The number of nitrogens with two attached hydrogens (primary N) is 1. The quantitative estimate of drug-likeness (QED) is 0.591. The van der Waals surface area contributed by atoms with E-state index in [0.29, 0.717) is 16.9 Å². The lowest BCUT2D eigenvalue weighted by Gasteiger charge is -2.61. The zero-order chi connectivity index (χ0) is 20.1. The zero-order valence-corrected chi connectivity index (χ0v) is 19.1. The summed E-state index contributed by atoms with van der Waals surface area (Å²) in [6.45, 7) is 9.90. The minimum absolute atomic E-state index is 0.0248. The van der Waals surface area contributed by atoms with Crippen molar-refractivity contribution < 1.29 is 5.11 Å². The molecule has 0 radical (unpaired) electrons. The fourth-order valence-corrected chi connectivity index (χ4v) is 8.94. The average Bonchev–Trinajstić information content (AvgIpc) is 2.99. The monoisotopic (exact) mass is 389 g/mol. The zero-order valence-electron chi connectivity index (χ0n) is 19.1. The van der Waals surface area contributed by atoms with Crippen molar-refractivity contribution in [2.24, 2.45) is 52.1 Å². The van der Waals surface area contributed by atoms with Crippen LogP contribution in [-0.2, 0) is 0 Å². The number of fused-ring (bicyclic) bond motifs is 5. The van der Waals surface area contributed by atoms with Crippen molar-refractivity contribution in [3.8, 4) is 0 Å². The first-order valence-electron chi connectivity index (χ1n) is 12.7. The molecule has 9 unspecified atom stereocenters. The number of hydrogen-bond acceptors (Lipinski definition) is 2. The summed E-state index contributed by atoms with van der Waals surface area (Å²) in [4.78, 5) is 0. The van der Waals surface area contributed by atoms with Crippen LogP contribution in [0.2, 0.25) is 0 Å². The van der Waals surface area contributed by atoms with Crippen molar-refractivity contribution in [2.75, 3.05) is 0 Å². The van der Waals surface area contributed by atoms with Crippen molar-refractivity contribution in [3.63, 3.8) is 0 Å². The lowest BCUT2D eigenvalue weighted by Crippen LogP contribution is -2.55. The first kappa shape index (κ1) is 21.2. The molecule has 4 aliphatic rings. The van der Waals surface area contributed by atoms with Crippen LogP contribution in [0, 0.1) is 46.3 Å². The molecule has 28 heavy (non-hydrogen) atoms. The third-order valence-corrected chi connectivity index (χ3v) is 10.5. The van der Waals surface area contributed by atoms with Gasteiger partial charge in [0.1, 0.15) is 0 Å². The molecule has 3 N–H and O–H groups in total. The Hall–Kier alpha value is -0.0800. The van der Waals surface area contributed by atoms with E-state index >= 15 is 0 Å². The Kier molecular flexibility index (Phi) is 5.95. The number of aliphatic hydroxyl groups excluding tert-OH is 1. The van der Waals surface area contributed by atoms with Crippen LogP contribution in [-0.4, -0.2) is 17.3 Å². The molecule has 0 aromatic carbocycles. The largest absolute Gasteiger partial charge is 0.393 e. The topological polar surface area (TPSA) is 46.2 Å². The second kappa shape index (κ2) is 7.88. The average molecular weight is 390 g/mol. The van der Waals surface area contributed by atoms with Gasteiger partial charge in [0, 0.05) is 6.04 Å². The van der Waals surface area contributed by atoms with Gasteiger partial charge in [-0.3, -0.25) is 0 Å². The van der Waals surface area contributed by atoms with Crippen LogP contribution in [0.4, 0.5) is 0 Å². The van der Waals surface area contributed by atoms with Crippen molar-refractivity contribution in [2.45, 2.75) is 117 Å². The summed E-state index contributed by atoms with van der Waals surface area (Å²) in [6.07, 6.45) is 15.7. The standard InChI is InChI=1S/C26H47NO/c1-17(2)6-5-7-24(27)23-11-10-21-20-9-8-18-16-19(28)12-14-25(18,3)22(20)13-15-26(21,23)4/h17-24,28H,5-16,27H2,1-4H3. The highest BCUT2D eigenvalue weighted by Crippen LogP contribution is 2.67. The molecule has 0 bridgehead atoms. The number of hydrogen-bond donors (Lipinski definition) is 2. The van der Waals surface area contributed by atoms with Crippen molar-refractivity contribution in [1.29, 1.82) is 0 Å². The van der Waals surface area contributed by atoms with Gasteiger partial charge in [-0.15, -0.1) is 0 Å². The van der Waals surface area contributed by atoms with Gasteiger partial charge in [0.25, 0.3) is 0 Å². The smallest absolute Gasteiger partial charge is 0.0543 e. The molecule has 9 atom stereocenters. The summed E-state index contributed by atoms with van der Waals surface area (Å²) in [5, 5.41) is 10.2. The van der Waals surface area contributed by atoms with Gasteiger partial charge in [0.05, 0.1) is 6.10 Å². The molecule has 4 saturated carbocycles. The van der Waals surface area contributed by atoms with Gasteiger partial charge in [-0.05, 0) is 111 Å². The maximum atomic E-state index is 10.2. The minimum Gasteiger partial charge on any atom is -0.393 e. The Morgan fingerprint density at radius 3 is 2.36 bits per heavy atom. The maximum absolute atomic E-state index is 10.2. The van der Waals surface area contributed by atoms with E-state index in [0.717, 1.165) is 48.3 Å². The lowest BCUT2D eigenvalue weighted by atomic mass is 9.44. The van der Waals surface area contributed by atoms with E-state index in [2.05, 4.69) is 27.7 Å². The predicted octanol–water partition coefficient (Wildman–Crippen LogP) is 6.16. The van der Waals surface area contributed by atoms with E-state index < -0.39 is 0 Å². The fraction of sp³-hybridized carbons (Fsp3) is 1.00. The number of rotatable bonds is 5. The molecule has 4 aliphatic carbocycles. The van der Waals surface area contributed by atoms with Crippen molar-refractivity contribution in [1.82, 2.24) is 0 Å². The van der Waals surface area contributed by atoms with Crippen LogP contribution in [0.15, 0.2) is 0 Å². The normalized spacial score (nSPS) is 49.4. The van der Waals surface area contributed by atoms with E-state index in [-0.39, 0.29) is 6.10 Å². The third-order valence-electron chi connectivity index (χ3n) is 10.5. The van der Waals surface area contributed by atoms with Gasteiger partial charge in [0.15, 0.2) is 0 Å². The van der Waals surface area contributed by atoms with E-state index in [1.54, 1.807) is 0 Å². The molecule has 0 spiro atoms. The molecule has 0 aliphatic heterocycles. The van der Waals surface area contributed by atoms with Crippen LogP contribution < -0.4 is 5.73 Å². The van der Waals surface area contributed by atoms with Crippen molar-refractivity contribution >= 4 is 0 Å². The van der Waals surface area contributed by atoms with Gasteiger partial charge in [-0.2, -0.15) is 0 Å². The van der Waals surface area contributed by atoms with Crippen LogP contribution in [0.1, 0.15) is 105 Å². The molecule has 2 heteroatoms. The fourth-order valence-electron chi connectivity index (χ4n) is 8.94. The Balaban J connectivity index is 1.46. The Morgan fingerprint density at radius 1 is 0.893 bits per heavy atom. The Labute approximate surface area is 174 Å². The van der Waals surface area contributed by atoms with E-state index in [1.807, 2.05) is 0 Å². The minimum atomic E-state index is -0.0248. The first-order valence-corrected chi connectivity index (χ1v) is 12.7. The summed E-state index contributed by atoms with van der Waals surface area (Å²) in [5.41, 5.74) is 7.84. The van der Waals surface area contributed by atoms with Gasteiger partial charge >= 0.3 is 0 Å². The lowest BCUT2D eigenvalue weighted by molar-refractivity contribution is -0.127. The highest BCUT2D eigenvalue weighted by Gasteiger charge is 2.60. The first-order chi connectivity index (χ1) is 13.3. The summed E-state index contributed by atoms with van der Waals surface area (Å²) < 4.78 is 0. The second-order valence-corrected chi connectivity index (χ2v) is 12.3. The molecular formula is C26H47NO. The van der Waals surface area contributed by atoms with Crippen LogP contribution >= 0.6 is 0 Å². The summed E-state index contributed by atoms with van der Waals surface area (Å²) in [7, 11) is 0. The molecule has 162 valence electrons. The molecule has 0 aromatic rings. The van der Waals surface area contributed by atoms with Crippen LogP contribution in [0.3, 0.4) is 0 Å². The molecule has 0 saturated heterocycles. The van der Waals surface area contributed by atoms with E-state index in [9.17, 15) is 5.11 Å². The Bertz CT molecular complexity index is 547. The van der Waals surface area contributed by atoms with Crippen molar-refractivity contribution in [3.05, 3.63) is 0 Å². The molecular weight excluding hydrogens is 342 g/mol. The SMILES string of the molecule is CC(C)CCCC(N)C1CCC2C3CCC4CC(O)CCC4(C)C3CCC12C. The number of aliphatic hydroxyl groups is 1. The Morgan fingerprint density at radius 2 is 1.61 bits per heavy atom. The second-order valence-electron chi connectivity index (χ2n) is 12.3. The predicted molar refractivity (Wildman–Crippen MR) is 118 cm³/mol. The summed E-state index contributed by atoms with van der Waals surface area (Å²) in [5.74, 6) is 5.09. The third kappa shape index (κ3) is 3.49. The molecule has 0 amide bonds. The van der Waals surface area contributed by atoms with Gasteiger partial charge < -0.3 is 10.8 Å². The highest BCUT2D eigenvalue weighted by molar-refractivity contribution is 5.10. The molecule has 4 fully saturated rings. The van der Waals surface area contributed by atoms with Gasteiger partial charge in [0.2, 0.25) is 0 Å². The molecule has 4 rings (SSSR count). The van der Waals surface area contributed by atoms with Gasteiger partial charge in [-0.1, -0.05) is 40.5 Å².